The lowest BCUT2D eigenvalue weighted by molar-refractivity contribution is 0.100. The van der Waals surface area contributed by atoms with Gasteiger partial charge in [-0.2, -0.15) is 15.2 Å². The largest absolute Gasteiger partial charge is 0.366 e. The fourth-order valence-corrected chi connectivity index (χ4v) is 4.42. The standard InChI is InChI=1S/C26H18Cl2N10O2/c1-14-8-17(27)10-19(23(30)39)22(14)32-26(40)21-11-18(34-38(21)25-20(28)6-3-7-31-25)13-37-35-24(33-36-37)16-5-2-4-15(9-16)12-29/h2-11H,13H2,1H3,(H2,30,39)(H,32,40). The number of tetrazole rings is 1. The molecule has 12 nitrogen and oxygen atoms in total. The zero-order valence-corrected chi connectivity index (χ0v) is 22.2. The van der Waals surface area contributed by atoms with Gasteiger partial charge in [0, 0.05) is 16.8 Å². The second kappa shape index (κ2) is 10.9. The first-order valence-electron chi connectivity index (χ1n) is 11.6. The molecule has 0 unspecified atom stereocenters. The van der Waals surface area contributed by atoms with Crippen LogP contribution in [0.2, 0.25) is 10.0 Å². The van der Waals surface area contributed by atoms with Gasteiger partial charge in [-0.25, -0.2) is 9.67 Å². The van der Waals surface area contributed by atoms with E-state index in [0.717, 1.165) is 0 Å². The Morgan fingerprint density at radius 1 is 1.10 bits per heavy atom. The molecule has 0 saturated carbocycles. The Balaban J connectivity index is 1.51. The number of aryl methyl sites for hydroxylation is 1. The summed E-state index contributed by atoms with van der Waals surface area (Å²) in [5, 5.41) is 29.5. The number of anilines is 1. The van der Waals surface area contributed by atoms with Crippen molar-refractivity contribution in [1.82, 2.24) is 35.0 Å². The molecule has 5 aromatic rings. The molecule has 0 atom stereocenters. The molecule has 0 saturated heterocycles. The van der Waals surface area contributed by atoms with Crippen LogP contribution in [0.3, 0.4) is 0 Å². The number of nitrogens with one attached hydrogen (secondary N) is 1. The van der Waals surface area contributed by atoms with Gasteiger partial charge in [0.2, 0.25) is 5.82 Å². The quantitative estimate of drug-likeness (QED) is 0.296. The summed E-state index contributed by atoms with van der Waals surface area (Å²) < 4.78 is 1.29. The Morgan fingerprint density at radius 2 is 1.93 bits per heavy atom. The number of aromatic nitrogens is 7. The lowest BCUT2D eigenvalue weighted by Gasteiger charge is -2.13. The van der Waals surface area contributed by atoms with Crippen molar-refractivity contribution in [1.29, 1.82) is 5.26 Å². The maximum atomic E-state index is 13.5. The molecule has 3 heterocycles. The van der Waals surface area contributed by atoms with Gasteiger partial charge in [0.05, 0.1) is 33.6 Å². The van der Waals surface area contributed by atoms with E-state index < -0.39 is 11.8 Å². The average molecular weight is 573 g/mol. The normalized spacial score (nSPS) is 10.8. The minimum Gasteiger partial charge on any atom is -0.366 e. The van der Waals surface area contributed by atoms with Crippen LogP contribution < -0.4 is 11.1 Å². The highest BCUT2D eigenvalue weighted by molar-refractivity contribution is 6.32. The molecule has 0 bridgehead atoms. The van der Waals surface area contributed by atoms with E-state index in [1.807, 2.05) is 0 Å². The number of carbonyl (C=O) groups excluding carboxylic acids is 2. The molecule has 0 aliphatic rings. The summed E-state index contributed by atoms with van der Waals surface area (Å²) in [5.41, 5.74) is 7.89. The molecule has 2 aromatic carbocycles. The van der Waals surface area contributed by atoms with E-state index in [1.54, 1.807) is 49.4 Å². The average Bonchev–Trinajstić information content (AvgIpc) is 3.58. The molecule has 0 fully saturated rings. The Bertz CT molecular complexity index is 1820. The van der Waals surface area contributed by atoms with E-state index in [1.165, 1.54) is 27.8 Å². The van der Waals surface area contributed by atoms with Crippen molar-refractivity contribution in [3.8, 4) is 23.3 Å². The lowest BCUT2D eigenvalue weighted by Crippen LogP contribution is -2.21. The fourth-order valence-electron chi connectivity index (χ4n) is 3.94. The van der Waals surface area contributed by atoms with Gasteiger partial charge in [-0.15, -0.1) is 10.2 Å². The smallest absolute Gasteiger partial charge is 0.274 e. The van der Waals surface area contributed by atoms with Gasteiger partial charge in [0.1, 0.15) is 12.2 Å². The summed E-state index contributed by atoms with van der Waals surface area (Å²) in [4.78, 5) is 31.2. The molecule has 2 amide bonds. The molecule has 5 rings (SSSR count). The molecular weight excluding hydrogens is 555 g/mol. The van der Waals surface area contributed by atoms with Crippen molar-refractivity contribution in [2.75, 3.05) is 5.32 Å². The van der Waals surface area contributed by atoms with Crippen LogP contribution in [-0.4, -0.2) is 46.8 Å². The number of hydrogen-bond donors (Lipinski definition) is 2. The van der Waals surface area contributed by atoms with Crippen LogP contribution in [0.25, 0.3) is 17.2 Å². The van der Waals surface area contributed by atoms with Gasteiger partial charge in [-0.05, 0) is 60.2 Å². The van der Waals surface area contributed by atoms with Crippen LogP contribution >= 0.6 is 23.2 Å². The summed E-state index contributed by atoms with van der Waals surface area (Å²) in [6.45, 7) is 1.74. The van der Waals surface area contributed by atoms with Gasteiger partial charge in [0.15, 0.2) is 5.82 Å². The number of primary amides is 1. The van der Waals surface area contributed by atoms with E-state index in [4.69, 9.17) is 34.2 Å². The molecule has 3 N–H and O–H groups in total. The van der Waals surface area contributed by atoms with E-state index in [2.05, 4.69) is 36.9 Å². The third-order valence-corrected chi connectivity index (χ3v) is 6.26. The van der Waals surface area contributed by atoms with Gasteiger partial charge in [-0.3, -0.25) is 9.59 Å². The summed E-state index contributed by atoms with van der Waals surface area (Å²) in [7, 11) is 0. The number of halogens is 2. The number of pyridine rings is 1. The minimum absolute atomic E-state index is 0.0508. The zero-order chi connectivity index (χ0) is 28.4. The number of hydrogen-bond acceptors (Lipinski definition) is 8. The summed E-state index contributed by atoms with van der Waals surface area (Å²) >= 11 is 12.5. The van der Waals surface area contributed by atoms with Crippen molar-refractivity contribution in [3.63, 3.8) is 0 Å². The summed E-state index contributed by atoms with van der Waals surface area (Å²) in [6.07, 6.45) is 1.51. The molecule has 3 aromatic heterocycles. The first kappa shape index (κ1) is 26.5. The number of nitriles is 1. The lowest BCUT2D eigenvalue weighted by atomic mass is 10.1. The second-order valence-electron chi connectivity index (χ2n) is 8.54. The van der Waals surface area contributed by atoms with E-state index in [0.29, 0.717) is 33.2 Å². The molecule has 14 heteroatoms. The van der Waals surface area contributed by atoms with Crippen LogP contribution in [0.5, 0.6) is 0 Å². The van der Waals surface area contributed by atoms with E-state index in [-0.39, 0.29) is 34.3 Å². The maximum absolute atomic E-state index is 13.5. The topological polar surface area (TPSA) is 170 Å². The second-order valence-corrected chi connectivity index (χ2v) is 9.38. The predicted octanol–water partition coefficient (Wildman–Crippen LogP) is 3.81. The summed E-state index contributed by atoms with van der Waals surface area (Å²) in [6, 6.07) is 16.7. The monoisotopic (exact) mass is 572 g/mol. The first-order chi connectivity index (χ1) is 19.2. The molecule has 198 valence electrons. The third kappa shape index (κ3) is 5.37. The number of benzene rings is 2. The van der Waals surface area contributed by atoms with E-state index >= 15 is 0 Å². The molecule has 40 heavy (non-hydrogen) atoms. The van der Waals surface area contributed by atoms with Gasteiger partial charge in [0.25, 0.3) is 11.8 Å². The van der Waals surface area contributed by atoms with Gasteiger partial charge < -0.3 is 11.1 Å². The third-order valence-electron chi connectivity index (χ3n) is 5.74. The van der Waals surface area contributed by atoms with Crippen molar-refractivity contribution in [2.45, 2.75) is 13.5 Å². The van der Waals surface area contributed by atoms with Crippen LogP contribution in [0.4, 0.5) is 5.69 Å². The Hall–Kier alpha value is -5.12. The molecule has 0 spiro atoms. The molecule has 0 radical (unpaired) electrons. The van der Waals surface area contributed by atoms with E-state index in [9.17, 15) is 9.59 Å². The molecule has 0 aliphatic heterocycles. The number of nitrogens with zero attached hydrogens (tertiary/aromatic N) is 8. The molecule has 0 aliphatic carbocycles. The SMILES string of the molecule is Cc1cc(Cl)cc(C(N)=O)c1NC(=O)c1cc(Cn2nnc(-c3cccc(C#N)c3)n2)nn1-c1ncccc1Cl. The number of amides is 2. The summed E-state index contributed by atoms with van der Waals surface area (Å²) in [5.74, 6) is -0.825. The Morgan fingerprint density at radius 3 is 2.67 bits per heavy atom. The van der Waals surface area contributed by atoms with Gasteiger partial charge >= 0.3 is 0 Å². The number of carbonyl (C=O) groups is 2. The van der Waals surface area contributed by atoms with Crippen LogP contribution in [0, 0.1) is 18.3 Å². The van der Waals surface area contributed by atoms with Gasteiger partial charge in [-0.1, -0.05) is 35.3 Å². The van der Waals surface area contributed by atoms with Crippen LogP contribution in [0.1, 0.15) is 37.7 Å². The Labute approximate surface area is 237 Å². The van der Waals surface area contributed by atoms with Crippen LogP contribution in [0.15, 0.2) is 60.8 Å². The van der Waals surface area contributed by atoms with Crippen molar-refractivity contribution in [3.05, 3.63) is 98.9 Å². The zero-order valence-electron chi connectivity index (χ0n) is 20.7. The predicted molar refractivity (Wildman–Crippen MR) is 146 cm³/mol. The highest BCUT2D eigenvalue weighted by Crippen LogP contribution is 2.27. The minimum atomic E-state index is -0.753. The highest BCUT2D eigenvalue weighted by Gasteiger charge is 2.23. The highest BCUT2D eigenvalue weighted by atomic mass is 35.5. The van der Waals surface area contributed by atoms with Crippen molar-refractivity contribution < 1.29 is 9.59 Å². The Kier molecular flexibility index (Phi) is 7.24. The van der Waals surface area contributed by atoms with Crippen molar-refractivity contribution >= 4 is 40.7 Å². The number of nitrogens with two attached hydrogens (primary N) is 1. The number of rotatable bonds is 7. The van der Waals surface area contributed by atoms with Crippen molar-refractivity contribution in [2.24, 2.45) is 5.73 Å². The molecular formula is C26H18Cl2N10O2. The maximum Gasteiger partial charge on any atom is 0.274 e. The fraction of sp³-hybridized carbons (Fsp3) is 0.0769. The van der Waals surface area contributed by atoms with Crippen LogP contribution in [-0.2, 0) is 6.54 Å². The first-order valence-corrected chi connectivity index (χ1v) is 12.4.